The van der Waals surface area contributed by atoms with Gasteiger partial charge in [-0.25, -0.2) is 0 Å². The molecule has 146 valence electrons. The maximum Gasteiger partial charge on any atom is 0.0864 e. The molecular weight excluding hydrogens is 358 g/mol. The molecule has 1 saturated carbocycles. The fraction of sp³-hybridized carbons (Fsp3) is 0.591. The van der Waals surface area contributed by atoms with Crippen molar-refractivity contribution in [3.63, 3.8) is 0 Å². The summed E-state index contributed by atoms with van der Waals surface area (Å²) in [5.41, 5.74) is 2.80. The van der Waals surface area contributed by atoms with Crippen LogP contribution in [0, 0.1) is 17.3 Å². The first-order valence-electron chi connectivity index (χ1n) is 10.1. The second-order valence-electron chi connectivity index (χ2n) is 9.03. The molecule has 1 saturated heterocycles. The van der Waals surface area contributed by atoms with Crippen molar-refractivity contribution in [3.8, 4) is 0 Å². The Morgan fingerprint density at radius 1 is 1.33 bits per heavy atom. The van der Waals surface area contributed by atoms with Gasteiger partial charge in [0.05, 0.1) is 17.8 Å². The van der Waals surface area contributed by atoms with Gasteiger partial charge >= 0.3 is 0 Å². The third kappa shape index (κ3) is 3.74. The van der Waals surface area contributed by atoms with Crippen LogP contribution in [-0.4, -0.2) is 33.3 Å². The maximum atomic E-state index is 11.3. The number of halogens is 1. The number of nitrogens with one attached hydrogen (secondary N) is 1. The van der Waals surface area contributed by atoms with Crippen molar-refractivity contribution < 1.29 is 5.11 Å². The highest BCUT2D eigenvalue weighted by Crippen LogP contribution is 2.47. The van der Waals surface area contributed by atoms with Crippen LogP contribution < -0.4 is 0 Å². The minimum absolute atomic E-state index is 0.243. The molecule has 4 nitrogen and oxygen atoms in total. The van der Waals surface area contributed by atoms with Crippen LogP contribution in [-0.2, 0) is 0 Å². The van der Waals surface area contributed by atoms with E-state index in [1.165, 1.54) is 18.5 Å². The minimum atomic E-state index is -0.592. The average Bonchev–Trinajstić information content (AvgIpc) is 3.34. The number of piperidine rings is 1. The van der Waals surface area contributed by atoms with E-state index in [1.807, 2.05) is 12.1 Å². The van der Waals surface area contributed by atoms with Crippen molar-refractivity contribution in [1.29, 1.82) is 0 Å². The SMILES string of the molecule is C=C(CC1CC1)N1CCC(C(C)(C)[C@H](O)c2cc(Cl)cc3cn[nH]c23)CC1. The standard InChI is InChI=1S/C22H30ClN3O/c1-14(10-15-4-5-15)26-8-6-17(7-9-26)22(2,3)21(27)19-12-18(23)11-16-13-24-25-20(16)19/h11-13,15,17,21,27H,1,4-10H2,2-3H3,(H,24,25)/t21-/m1/s1. The lowest BCUT2D eigenvalue weighted by molar-refractivity contribution is -0.0153. The molecule has 0 spiro atoms. The highest BCUT2D eigenvalue weighted by Gasteiger charge is 2.40. The number of hydrogen-bond donors (Lipinski definition) is 2. The van der Waals surface area contributed by atoms with E-state index in [-0.39, 0.29) is 5.41 Å². The number of aromatic nitrogens is 2. The first kappa shape index (κ1) is 18.8. The van der Waals surface area contributed by atoms with Crippen LogP contribution in [0.1, 0.15) is 57.6 Å². The Balaban J connectivity index is 1.47. The first-order valence-corrected chi connectivity index (χ1v) is 10.5. The van der Waals surface area contributed by atoms with Crippen LogP contribution in [0.2, 0.25) is 5.02 Å². The zero-order valence-electron chi connectivity index (χ0n) is 16.3. The van der Waals surface area contributed by atoms with Gasteiger partial charge in [0.25, 0.3) is 0 Å². The summed E-state index contributed by atoms with van der Waals surface area (Å²) < 4.78 is 0. The number of nitrogens with zero attached hydrogens (tertiary/aromatic N) is 2. The van der Waals surface area contributed by atoms with Gasteiger partial charge in [-0.15, -0.1) is 0 Å². The summed E-state index contributed by atoms with van der Waals surface area (Å²) in [6.07, 6.45) is 7.24. The van der Waals surface area contributed by atoms with Gasteiger partial charge in [-0.2, -0.15) is 5.10 Å². The normalized spacial score (nSPS) is 20.2. The average molecular weight is 388 g/mol. The Hall–Kier alpha value is -1.52. The van der Waals surface area contributed by atoms with E-state index >= 15 is 0 Å². The number of rotatable bonds is 6. The van der Waals surface area contributed by atoms with Crippen LogP contribution in [0.4, 0.5) is 0 Å². The van der Waals surface area contributed by atoms with E-state index in [9.17, 15) is 5.11 Å². The number of likely N-dealkylation sites (tertiary alicyclic amines) is 1. The zero-order chi connectivity index (χ0) is 19.2. The number of hydrogen-bond acceptors (Lipinski definition) is 3. The van der Waals surface area contributed by atoms with Crippen LogP contribution in [0.25, 0.3) is 10.9 Å². The molecule has 2 heterocycles. The van der Waals surface area contributed by atoms with Crippen LogP contribution in [0.5, 0.6) is 0 Å². The molecule has 1 aliphatic carbocycles. The highest BCUT2D eigenvalue weighted by atomic mass is 35.5. The third-order valence-electron chi connectivity index (χ3n) is 6.76. The number of aromatic amines is 1. The Kier molecular flexibility index (Phi) is 4.98. The quantitative estimate of drug-likeness (QED) is 0.706. The van der Waals surface area contributed by atoms with Gasteiger partial charge in [0.1, 0.15) is 0 Å². The maximum absolute atomic E-state index is 11.3. The first-order chi connectivity index (χ1) is 12.9. The summed E-state index contributed by atoms with van der Waals surface area (Å²) >= 11 is 6.29. The third-order valence-corrected chi connectivity index (χ3v) is 6.98. The van der Waals surface area contributed by atoms with Crippen molar-refractivity contribution in [3.05, 3.63) is 41.2 Å². The van der Waals surface area contributed by atoms with E-state index in [4.69, 9.17) is 11.6 Å². The molecule has 2 aliphatic rings. The van der Waals surface area contributed by atoms with Crippen molar-refractivity contribution in [2.75, 3.05) is 13.1 Å². The van der Waals surface area contributed by atoms with E-state index < -0.39 is 6.10 Å². The fourth-order valence-corrected chi connectivity index (χ4v) is 4.85. The molecule has 0 radical (unpaired) electrons. The largest absolute Gasteiger partial charge is 0.388 e. The monoisotopic (exact) mass is 387 g/mol. The van der Waals surface area contributed by atoms with E-state index in [0.29, 0.717) is 10.9 Å². The molecule has 2 fully saturated rings. The second kappa shape index (κ2) is 7.14. The van der Waals surface area contributed by atoms with Crippen molar-refractivity contribution in [1.82, 2.24) is 15.1 Å². The van der Waals surface area contributed by atoms with Gasteiger partial charge in [-0.1, -0.05) is 32.0 Å². The smallest absolute Gasteiger partial charge is 0.0864 e. The van der Waals surface area contributed by atoms with E-state index in [1.54, 1.807) is 6.20 Å². The summed E-state index contributed by atoms with van der Waals surface area (Å²) in [5.74, 6) is 1.34. The van der Waals surface area contributed by atoms with Gasteiger partial charge < -0.3 is 10.0 Å². The molecule has 0 bridgehead atoms. The number of benzene rings is 1. The highest BCUT2D eigenvalue weighted by molar-refractivity contribution is 6.31. The lowest BCUT2D eigenvalue weighted by atomic mass is 9.68. The second-order valence-corrected chi connectivity index (χ2v) is 9.46. The Morgan fingerprint density at radius 3 is 2.70 bits per heavy atom. The number of H-pyrrole nitrogens is 1. The van der Waals surface area contributed by atoms with Crippen molar-refractivity contribution >= 4 is 22.5 Å². The summed E-state index contributed by atoms with van der Waals surface area (Å²) in [5, 5.41) is 20.0. The van der Waals surface area contributed by atoms with Gasteiger partial charge in [-0.3, -0.25) is 5.10 Å². The van der Waals surface area contributed by atoms with Crippen LogP contribution in [0.15, 0.2) is 30.6 Å². The summed E-state index contributed by atoms with van der Waals surface area (Å²) in [6, 6.07) is 3.76. The summed E-state index contributed by atoms with van der Waals surface area (Å²) in [4.78, 5) is 2.46. The van der Waals surface area contributed by atoms with E-state index in [2.05, 4.69) is 35.5 Å². The Labute approximate surface area is 166 Å². The number of fused-ring (bicyclic) bond motifs is 1. The van der Waals surface area contributed by atoms with Crippen LogP contribution in [0.3, 0.4) is 0 Å². The molecule has 0 unspecified atom stereocenters. The fourth-order valence-electron chi connectivity index (χ4n) is 4.61. The van der Waals surface area contributed by atoms with E-state index in [0.717, 1.165) is 54.7 Å². The molecule has 1 aromatic heterocycles. The molecule has 1 atom stereocenters. The van der Waals surface area contributed by atoms with Gasteiger partial charge in [0.15, 0.2) is 0 Å². The molecule has 0 amide bonds. The Bertz CT molecular complexity index is 831. The van der Waals surface area contributed by atoms with Gasteiger partial charge in [-0.05, 0) is 61.5 Å². The summed E-state index contributed by atoms with van der Waals surface area (Å²) in [6.45, 7) is 10.8. The minimum Gasteiger partial charge on any atom is -0.388 e. The zero-order valence-corrected chi connectivity index (χ0v) is 17.1. The molecule has 2 N–H and O–H groups in total. The lowest BCUT2D eigenvalue weighted by Crippen LogP contribution is -2.40. The number of aliphatic hydroxyl groups is 1. The molecule has 2 aromatic rings. The molecular formula is C22H30ClN3O. The van der Waals surface area contributed by atoms with Crippen molar-refractivity contribution in [2.24, 2.45) is 17.3 Å². The molecule has 27 heavy (non-hydrogen) atoms. The number of allylic oxidation sites excluding steroid dienone is 1. The number of aliphatic hydroxyl groups excluding tert-OH is 1. The Morgan fingerprint density at radius 2 is 2.04 bits per heavy atom. The summed E-state index contributed by atoms with van der Waals surface area (Å²) in [7, 11) is 0. The van der Waals surface area contributed by atoms with Gasteiger partial charge in [0.2, 0.25) is 0 Å². The topological polar surface area (TPSA) is 52.1 Å². The predicted molar refractivity (Wildman–Crippen MR) is 111 cm³/mol. The van der Waals surface area contributed by atoms with Crippen LogP contribution >= 0.6 is 11.6 Å². The lowest BCUT2D eigenvalue weighted by Gasteiger charge is -2.44. The molecule has 1 aliphatic heterocycles. The molecule has 1 aromatic carbocycles. The van der Waals surface area contributed by atoms with Gasteiger partial charge in [0, 0.05) is 34.8 Å². The predicted octanol–water partition coefficient (Wildman–Crippen LogP) is 5.30. The molecule has 4 rings (SSSR count). The molecule has 5 heteroatoms. The van der Waals surface area contributed by atoms with Crippen molar-refractivity contribution in [2.45, 2.75) is 52.1 Å².